The molecule has 5 nitrogen and oxygen atoms in total. The highest BCUT2D eigenvalue weighted by Gasteiger charge is 2.31. The number of pyridine rings is 1. The van der Waals surface area contributed by atoms with Crippen molar-refractivity contribution < 1.29 is 27.8 Å². The van der Waals surface area contributed by atoms with Gasteiger partial charge in [0.05, 0.1) is 5.92 Å². The van der Waals surface area contributed by atoms with Crippen molar-refractivity contribution in [3.05, 3.63) is 53.7 Å². The van der Waals surface area contributed by atoms with Crippen LogP contribution in [0.3, 0.4) is 0 Å². The third kappa shape index (κ3) is 7.01. The lowest BCUT2D eigenvalue weighted by atomic mass is 9.93. The number of rotatable bonds is 8. The number of ether oxygens (including phenoxy) is 1. The van der Waals surface area contributed by atoms with Crippen molar-refractivity contribution >= 4 is 24.4 Å². The highest BCUT2D eigenvalue weighted by molar-refractivity contribution is 7.81. The summed E-state index contributed by atoms with van der Waals surface area (Å²) in [5.41, 5.74) is 7.03. The molecule has 0 amide bonds. The number of carbonyl (C=O) groups is 1. The number of aromatic nitrogens is 1. The molecule has 2 atom stereocenters. The molecule has 9 heteroatoms. The summed E-state index contributed by atoms with van der Waals surface area (Å²) >= 11 is 4.42. The monoisotopic (exact) mass is 400 g/mol. The SMILES string of the molecule is Nc1ccc(CC(C(=O)O)C(S)CCc2ccc(OC(F)(F)F)cc2)cn1. The number of nitrogens with zero attached hydrogens (tertiary/aromatic N) is 1. The second-order valence-corrected chi connectivity index (χ2v) is 6.70. The van der Waals surface area contributed by atoms with Gasteiger partial charge in [-0.1, -0.05) is 18.2 Å². The molecule has 0 saturated heterocycles. The van der Waals surface area contributed by atoms with E-state index >= 15 is 0 Å². The van der Waals surface area contributed by atoms with Crippen molar-refractivity contribution in [3.8, 4) is 5.75 Å². The fourth-order valence-electron chi connectivity index (χ4n) is 2.57. The molecule has 0 aliphatic heterocycles. The molecule has 3 N–H and O–H groups in total. The minimum atomic E-state index is -4.73. The molecule has 27 heavy (non-hydrogen) atoms. The summed E-state index contributed by atoms with van der Waals surface area (Å²) in [6, 6.07) is 8.81. The molecule has 1 aromatic heterocycles. The molecule has 0 spiro atoms. The first-order valence-electron chi connectivity index (χ1n) is 8.10. The number of thiol groups is 1. The molecule has 2 aromatic rings. The molecule has 1 heterocycles. The number of carboxylic acids is 1. The van der Waals surface area contributed by atoms with Crippen LogP contribution in [0.1, 0.15) is 17.5 Å². The van der Waals surface area contributed by atoms with Gasteiger partial charge in [-0.25, -0.2) is 4.98 Å². The van der Waals surface area contributed by atoms with Gasteiger partial charge in [-0.15, -0.1) is 13.2 Å². The zero-order valence-electron chi connectivity index (χ0n) is 14.2. The molecule has 2 unspecified atom stereocenters. The van der Waals surface area contributed by atoms with Gasteiger partial charge < -0.3 is 15.6 Å². The molecular weight excluding hydrogens is 381 g/mol. The lowest BCUT2D eigenvalue weighted by Crippen LogP contribution is -2.27. The highest BCUT2D eigenvalue weighted by Crippen LogP contribution is 2.25. The first kappa shape index (κ1) is 20.9. The number of alkyl halides is 3. The number of carboxylic acid groups (broad SMARTS) is 1. The Hall–Kier alpha value is -2.42. The van der Waals surface area contributed by atoms with Gasteiger partial charge in [0, 0.05) is 11.4 Å². The Morgan fingerprint density at radius 3 is 2.33 bits per heavy atom. The van der Waals surface area contributed by atoms with Crippen molar-refractivity contribution in [1.82, 2.24) is 4.98 Å². The van der Waals surface area contributed by atoms with Crippen LogP contribution >= 0.6 is 12.6 Å². The zero-order valence-corrected chi connectivity index (χ0v) is 15.1. The van der Waals surface area contributed by atoms with Gasteiger partial charge in [0.2, 0.25) is 0 Å². The van der Waals surface area contributed by atoms with Crippen molar-refractivity contribution in [1.29, 1.82) is 0 Å². The van der Waals surface area contributed by atoms with E-state index < -0.39 is 23.5 Å². The summed E-state index contributed by atoms with van der Waals surface area (Å²) in [5, 5.41) is 9.05. The van der Waals surface area contributed by atoms with Crippen LogP contribution < -0.4 is 10.5 Å². The van der Waals surface area contributed by atoms with Crippen molar-refractivity contribution in [3.63, 3.8) is 0 Å². The largest absolute Gasteiger partial charge is 0.573 e. The number of nitrogens with two attached hydrogens (primary N) is 1. The summed E-state index contributed by atoms with van der Waals surface area (Å²) in [4.78, 5) is 15.5. The van der Waals surface area contributed by atoms with E-state index in [-0.39, 0.29) is 12.2 Å². The van der Waals surface area contributed by atoms with Crippen LogP contribution in [0.25, 0.3) is 0 Å². The minimum Gasteiger partial charge on any atom is -0.481 e. The Labute approximate surface area is 159 Å². The number of hydrogen-bond acceptors (Lipinski definition) is 5. The second kappa shape index (κ2) is 8.98. The maximum Gasteiger partial charge on any atom is 0.573 e. The number of aryl methyl sites for hydroxylation is 1. The van der Waals surface area contributed by atoms with Gasteiger partial charge in [0.25, 0.3) is 0 Å². The van der Waals surface area contributed by atoms with Crippen molar-refractivity contribution in [2.24, 2.45) is 5.92 Å². The topological polar surface area (TPSA) is 85.4 Å². The van der Waals surface area contributed by atoms with E-state index in [9.17, 15) is 23.1 Å². The molecular formula is C18H19F3N2O3S. The van der Waals surface area contributed by atoms with Gasteiger partial charge in [0.1, 0.15) is 11.6 Å². The Kier molecular flexibility index (Phi) is 6.95. The normalized spacial score (nSPS) is 13.8. The maximum absolute atomic E-state index is 12.2. The van der Waals surface area contributed by atoms with Crippen LogP contribution in [-0.4, -0.2) is 27.7 Å². The average Bonchev–Trinajstić information content (AvgIpc) is 2.58. The number of nitrogen functional groups attached to an aromatic ring is 1. The Morgan fingerprint density at radius 1 is 1.19 bits per heavy atom. The smallest absolute Gasteiger partial charge is 0.481 e. The Morgan fingerprint density at radius 2 is 1.81 bits per heavy atom. The number of halogens is 3. The summed E-state index contributed by atoms with van der Waals surface area (Å²) in [7, 11) is 0. The highest BCUT2D eigenvalue weighted by atomic mass is 32.1. The van der Waals surface area contributed by atoms with E-state index in [4.69, 9.17) is 5.73 Å². The Bertz CT molecular complexity index is 752. The zero-order chi connectivity index (χ0) is 20.0. The standard InChI is InChI=1S/C18H19F3N2O3S/c19-18(20,21)26-13-5-1-11(2-6-13)3-7-15(27)14(17(24)25)9-12-4-8-16(22)23-10-12/h1-2,4-6,8,10,14-15,27H,3,7,9H2,(H2,22,23)(H,24,25). The molecule has 1 aromatic carbocycles. The summed E-state index contributed by atoms with van der Waals surface area (Å²) in [5.74, 6) is -1.65. The van der Waals surface area contributed by atoms with E-state index in [0.717, 1.165) is 11.1 Å². The molecule has 0 radical (unpaired) electrons. The van der Waals surface area contributed by atoms with Crippen LogP contribution in [0.4, 0.5) is 19.0 Å². The maximum atomic E-state index is 12.2. The molecule has 146 valence electrons. The van der Waals surface area contributed by atoms with E-state index in [1.54, 1.807) is 12.1 Å². The van der Waals surface area contributed by atoms with Crippen LogP contribution in [0, 0.1) is 5.92 Å². The summed E-state index contributed by atoms with van der Waals surface area (Å²) in [6.45, 7) is 0. The quantitative estimate of drug-likeness (QED) is 0.588. The summed E-state index contributed by atoms with van der Waals surface area (Å²) in [6.07, 6.45) is -2.02. The first-order chi connectivity index (χ1) is 12.6. The van der Waals surface area contributed by atoms with Crippen LogP contribution in [0.15, 0.2) is 42.6 Å². The predicted molar refractivity (Wildman–Crippen MR) is 97.7 cm³/mol. The van der Waals surface area contributed by atoms with E-state index in [0.29, 0.717) is 18.7 Å². The summed E-state index contributed by atoms with van der Waals surface area (Å²) < 4.78 is 40.3. The lowest BCUT2D eigenvalue weighted by Gasteiger charge is -2.19. The average molecular weight is 400 g/mol. The van der Waals surface area contributed by atoms with Crippen LogP contribution in [-0.2, 0) is 17.6 Å². The van der Waals surface area contributed by atoms with Gasteiger partial charge in [0.15, 0.2) is 0 Å². The molecule has 0 fully saturated rings. The first-order valence-corrected chi connectivity index (χ1v) is 8.61. The number of benzene rings is 1. The van der Waals surface area contributed by atoms with Gasteiger partial charge in [-0.2, -0.15) is 12.6 Å². The third-order valence-electron chi connectivity index (χ3n) is 3.97. The van der Waals surface area contributed by atoms with Gasteiger partial charge in [-0.05, 0) is 48.6 Å². The van der Waals surface area contributed by atoms with E-state index in [2.05, 4.69) is 22.3 Å². The predicted octanol–water partition coefficient (Wildman–Crippen LogP) is 3.74. The molecule has 2 rings (SSSR count). The number of anilines is 1. The van der Waals surface area contributed by atoms with Crippen LogP contribution in [0.5, 0.6) is 5.75 Å². The molecule has 0 saturated carbocycles. The fourth-order valence-corrected chi connectivity index (χ4v) is 2.93. The third-order valence-corrected chi connectivity index (χ3v) is 4.59. The minimum absolute atomic E-state index is 0.259. The lowest BCUT2D eigenvalue weighted by molar-refractivity contribution is -0.274. The number of aliphatic carboxylic acids is 1. The molecule has 0 aliphatic rings. The van der Waals surface area contributed by atoms with Gasteiger partial charge in [-0.3, -0.25) is 4.79 Å². The van der Waals surface area contributed by atoms with Gasteiger partial charge >= 0.3 is 12.3 Å². The molecule has 0 aliphatic carbocycles. The Balaban J connectivity index is 1.94. The number of hydrogen-bond donors (Lipinski definition) is 3. The van der Waals surface area contributed by atoms with E-state index in [1.807, 2.05) is 0 Å². The van der Waals surface area contributed by atoms with Crippen molar-refractivity contribution in [2.45, 2.75) is 30.9 Å². The van der Waals surface area contributed by atoms with E-state index in [1.165, 1.54) is 30.5 Å². The fraction of sp³-hybridized carbons (Fsp3) is 0.333. The van der Waals surface area contributed by atoms with Crippen molar-refractivity contribution in [2.75, 3.05) is 5.73 Å². The van der Waals surface area contributed by atoms with Crippen LogP contribution in [0.2, 0.25) is 0 Å². The second-order valence-electron chi connectivity index (χ2n) is 6.04. The molecule has 0 bridgehead atoms.